The van der Waals surface area contributed by atoms with Crippen LogP contribution in [0.1, 0.15) is 28.8 Å². The molecule has 1 aliphatic heterocycles. The fraction of sp³-hybridized carbons (Fsp3) is 0.538. The zero-order chi connectivity index (χ0) is 13.0. The summed E-state index contributed by atoms with van der Waals surface area (Å²) in [7, 11) is 0. The number of rotatable bonds is 4. The third kappa shape index (κ3) is 2.86. The van der Waals surface area contributed by atoms with Crippen LogP contribution in [0, 0.1) is 6.92 Å². The Labute approximate surface area is 106 Å². The van der Waals surface area contributed by atoms with Crippen LogP contribution in [0.4, 0.5) is 0 Å². The number of carbonyl (C=O) groups is 1. The molecule has 1 fully saturated rings. The van der Waals surface area contributed by atoms with Gasteiger partial charge >= 0.3 is 0 Å². The highest BCUT2D eigenvalue weighted by atomic mass is 16.5. The molecule has 0 radical (unpaired) electrons. The van der Waals surface area contributed by atoms with Crippen LogP contribution in [0.5, 0.6) is 0 Å². The van der Waals surface area contributed by atoms with Crippen molar-refractivity contribution in [2.45, 2.75) is 25.3 Å². The number of nitrogens with zero attached hydrogens (tertiary/aromatic N) is 1. The van der Waals surface area contributed by atoms with E-state index in [1.165, 1.54) is 0 Å². The van der Waals surface area contributed by atoms with Gasteiger partial charge in [-0.1, -0.05) is 0 Å². The molecule has 1 saturated heterocycles. The Morgan fingerprint density at radius 2 is 2.44 bits per heavy atom. The molecule has 98 valence electrons. The second-order valence-corrected chi connectivity index (χ2v) is 4.76. The average molecular weight is 250 g/mol. The summed E-state index contributed by atoms with van der Waals surface area (Å²) in [5.74, 6) is -0.162. The maximum atomic E-state index is 12.1. The molecule has 2 rings (SSSR count). The van der Waals surface area contributed by atoms with E-state index in [1.807, 2.05) is 6.92 Å². The SMILES string of the molecule is Cc1cncc(C(=O)NC2(CCO)CCOC2)c1. The smallest absolute Gasteiger partial charge is 0.253 e. The third-order valence-corrected chi connectivity index (χ3v) is 3.21. The van der Waals surface area contributed by atoms with Gasteiger partial charge in [0, 0.05) is 25.6 Å². The Bertz CT molecular complexity index is 428. The molecule has 0 bridgehead atoms. The lowest BCUT2D eigenvalue weighted by Gasteiger charge is -2.28. The molecule has 1 unspecified atom stereocenters. The fourth-order valence-corrected chi connectivity index (χ4v) is 2.17. The molecular formula is C13H18N2O3. The predicted octanol–water partition coefficient (Wildman–Crippen LogP) is 0.661. The number of amides is 1. The summed E-state index contributed by atoms with van der Waals surface area (Å²) in [5, 5.41) is 12.1. The van der Waals surface area contributed by atoms with Gasteiger partial charge in [0.15, 0.2) is 0 Å². The molecule has 0 saturated carbocycles. The van der Waals surface area contributed by atoms with E-state index in [4.69, 9.17) is 9.84 Å². The van der Waals surface area contributed by atoms with E-state index in [0.717, 1.165) is 12.0 Å². The minimum atomic E-state index is -0.435. The van der Waals surface area contributed by atoms with Crippen molar-refractivity contribution in [2.24, 2.45) is 0 Å². The van der Waals surface area contributed by atoms with Crippen molar-refractivity contribution in [2.75, 3.05) is 19.8 Å². The standard InChI is InChI=1S/C13H18N2O3/c1-10-6-11(8-14-7-10)12(17)15-13(2-4-16)3-5-18-9-13/h6-8,16H,2-5,9H2,1H3,(H,15,17). The predicted molar refractivity (Wildman–Crippen MR) is 66.3 cm³/mol. The summed E-state index contributed by atoms with van der Waals surface area (Å²) < 4.78 is 5.33. The molecule has 2 N–H and O–H groups in total. The highest BCUT2D eigenvalue weighted by Gasteiger charge is 2.36. The number of carbonyl (C=O) groups excluding carboxylic acids is 1. The first-order chi connectivity index (χ1) is 8.65. The van der Waals surface area contributed by atoms with Gasteiger partial charge in [0.05, 0.1) is 17.7 Å². The Morgan fingerprint density at radius 3 is 3.06 bits per heavy atom. The second-order valence-electron chi connectivity index (χ2n) is 4.76. The van der Waals surface area contributed by atoms with E-state index in [9.17, 15) is 4.79 Å². The molecule has 0 spiro atoms. The summed E-state index contributed by atoms with van der Waals surface area (Å²) in [6.07, 6.45) is 4.50. The van der Waals surface area contributed by atoms with Crippen molar-refractivity contribution in [3.8, 4) is 0 Å². The first-order valence-electron chi connectivity index (χ1n) is 6.08. The number of aryl methyl sites for hydroxylation is 1. The maximum absolute atomic E-state index is 12.1. The van der Waals surface area contributed by atoms with Crippen molar-refractivity contribution < 1.29 is 14.6 Å². The van der Waals surface area contributed by atoms with Gasteiger partial charge in [-0.25, -0.2) is 0 Å². The Hall–Kier alpha value is -1.46. The lowest BCUT2D eigenvalue weighted by atomic mass is 9.94. The molecule has 1 amide bonds. The number of nitrogens with one attached hydrogen (secondary N) is 1. The zero-order valence-corrected chi connectivity index (χ0v) is 10.5. The summed E-state index contributed by atoms with van der Waals surface area (Å²) in [5.41, 5.74) is 1.05. The maximum Gasteiger partial charge on any atom is 0.253 e. The summed E-state index contributed by atoms with van der Waals surface area (Å²) in [4.78, 5) is 16.2. The topological polar surface area (TPSA) is 71.5 Å². The summed E-state index contributed by atoms with van der Waals surface area (Å²) in [6.45, 7) is 3.01. The van der Waals surface area contributed by atoms with E-state index in [1.54, 1.807) is 18.5 Å². The van der Waals surface area contributed by atoms with Gasteiger partial charge < -0.3 is 15.2 Å². The van der Waals surface area contributed by atoms with Gasteiger partial charge in [0.25, 0.3) is 5.91 Å². The molecule has 1 aromatic heterocycles. The van der Waals surface area contributed by atoms with Crippen molar-refractivity contribution in [1.82, 2.24) is 10.3 Å². The summed E-state index contributed by atoms with van der Waals surface area (Å²) in [6, 6.07) is 1.80. The lowest BCUT2D eigenvalue weighted by molar-refractivity contribution is 0.0850. The molecule has 18 heavy (non-hydrogen) atoms. The quantitative estimate of drug-likeness (QED) is 0.823. The van der Waals surface area contributed by atoms with E-state index in [2.05, 4.69) is 10.3 Å². The van der Waals surface area contributed by atoms with Crippen LogP contribution in [-0.2, 0) is 4.74 Å². The van der Waals surface area contributed by atoms with Crippen LogP contribution in [0.25, 0.3) is 0 Å². The highest BCUT2D eigenvalue weighted by molar-refractivity contribution is 5.94. The van der Waals surface area contributed by atoms with Crippen molar-refractivity contribution in [3.05, 3.63) is 29.6 Å². The van der Waals surface area contributed by atoms with E-state index < -0.39 is 5.54 Å². The first kappa shape index (κ1) is 13.0. The minimum absolute atomic E-state index is 0.0374. The molecule has 1 atom stereocenters. The summed E-state index contributed by atoms with van der Waals surface area (Å²) >= 11 is 0. The molecular weight excluding hydrogens is 232 g/mol. The van der Waals surface area contributed by atoms with Gasteiger partial charge in [0.2, 0.25) is 0 Å². The van der Waals surface area contributed by atoms with E-state index in [-0.39, 0.29) is 12.5 Å². The van der Waals surface area contributed by atoms with Crippen LogP contribution < -0.4 is 5.32 Å². The number of hydrogen-bond donors (Lipinski definition) is 2. The minimum Gasteiger partial charge on any atom is -0.396 e. The van der Waals surface area contributed by atoms with Gasteiger partial charge in [-0.15, -0.1) is 0 Å². The van der Waals surface area contributed by atoms with Crippen LogP contribution >= 0.6 is 0 Å². The Kier molecular flexibility index (Phi) is 3.93. The van der Waals surface area contributed by atoms with Gasteiger partial charge in [-0.05, 0) is 31.4 Å². The van der Waals surface area contributed by atoms with Gasteiger partial charge in [-0.3, -0.25) is 9.78 Å². The molecule has 5 nitrogen and oxygen atoms in total. The molecule has 2 heterocycles. The van der Waals surface area contributed by atoms with Crippen LogP contribution in [0.3, 0.4) is 0 Å². The van der Waals surface area contributed by atoms with Crippen LogP contribution in [0.2, 0.25) is 0 Å². The second kappa shape index (κ2) is 5.46. The number of hydrogen-bond acceptors (Lipinski definition) is 4. The molecule has 0 aliphatic carbocycles. The number of ether oxygens (including phenoxy) is 1. The highest BCUT2D eigenvalue weighted by Crippen LogP contribution is 2.22. The monoisotopic (exact) mass is 250 g/mol. The molecule has 5 heteroatoms. The van der Waals surface area contributed by atoms with E-state index in [0.29, 0.717) is 25.2 Å². The number of pyridine rings is 1. The zero-order valence-electron chi connectivity index (χ0n) is 10.5. The normalized spacial score (nSPS) is 23.0. The first-order valence-corrected chi connectivity index (χ1v) is 6.08. The van der Waals surface area contributed by atoms with Crippen LogP contribution in [-0.4, -0.2) is 41.4 Å². The fourth-order valence-electron chi connectivity index (χ4n) is 2.17. The average Bonchev–Trinajstić information content (AvgIpc) is 2.78. The van der Waals surface area contributed by atoms with Crippen molar-refractivity contribution in [1.29, 1.82) is 0 Å². The molecule has 0 aromatic carbocycles. The molecule has 1 aliphatic rings. The Morgan fingerprint density at radius 1 is 1.61 bits per heavy atom. The van der Waals surface area contributed by atoms with Crippen LogP contribution in [0.15, 0.2) is 18.5 Å². The van der Waals surface area contributed by atoms with Crippen molar-refractivity contribution in [3.63, 3.8) is 0 Å². The van der Waals surface area contributed by atoms with Gasteiger partial charge in [0.1, 0.15) is 0 Å². The third-order valence-electron chi connectivity index (χ3n) is 3.21. The molecule has 1 aromatic rings. The van der Waals surface area contributed by atoms with Gasteiger partial charge in [-0.2, -0.15) is 0 Å². The van der Waals surface area contributed by atoms with Crippen molar-refractivity contribution >= 4 is 5.91 Å². The number of aliphatic hydroxyl groups excluding tert-OH is 1. The van der Waals surface area contributed by atoms with E-state index >= 15 is 0 Å². The Balaban J connectivity index is 2.10. The number of aliphatic hydroxyl groups is 1. The lowest BCUT2D eigenvalue weighted by Crippen LogP contribution is -2.49. The number of aromatic nitrogens is 1. The largest absolute Gasteiger partial charge is 0.396 e.